The molecule has 134 valence electrons. The Morgan fingerprint density at radius 3 is 2.69 bits per heavy atom. The van der Waals surface area contributed by atoms with E-state index in [-0.39, 0.29) is 5.91 Å². The van der Waals surface area contributed by atoms with E-state index in [0.29, 0.717) is 22.9 Å². The zero-order valence-electron chi connectivity index (χ0n) is 14.4. The second kappa shape index (κ2) is 8.87. The molecule has 0 spiro atoms. The van der Waals surface area contributed by atoms with Gasteiger partial charge in [0.05, 0.1) is 0 Å². The van der Waals surface area contributed by atoms with Crippen molar-refractivity contribution in [3.63, 3.8) is 0 Å². The van der Waals surface area contributed by atoms with Crippen molar-refractivity contribution >= 4 is 35.0 Å². The number of thioether (sulfide) groups is 1. The summed E-state index contributed by atoms with van der Waals surface area (Å²) in [6, 6.07) is 17.1. The standard InChI is InChI=1S/C19H19ClN4OS/c1-2-17-22-23-19(24(17)16-9-4-3-5-10-16)26-12-11-18(25)21-15-8-6-7-14(20)13-15/h3-10,13H,2,11-12H2,1H3,(H,21,25). The molecule has 1 amide bonds. The maximum atomic E-state index is 12.1. The highest BCUT2D eigenvalue weighted by molar-refractivity contribution is 7.99. The molecule has 26 heavy (non-hydrogen) atoms. The van der Waals surface area contributed by atoms with Crippen molar-refractivity contribution < 1.29 is 4.79 Å². The van der Waals surface area contributed by atoms with E-state index >= 15 is 0 Å². The number of halogens is 1. The number of carbonyl (C=O) groups excluding carboxylic acids is 1. The van der Waals surface area contributed by atoms with Gasteiger partial charge in [-0.3, -0.25) is 9.36 Å². The molecule has 1 N–H and O–H groups in total. The third-order valence-electron chi connectivity index (χ3n) is 3.70. The Kier molecular flexibility index (Phi) is 6.30. The highest BCUT2D eigenvalue weighted by atomic mass is 35.5. The number of anilines is 1. The van der Waals surface area contributed by atoms with E-state index in [2.05, 4.69) is 22.4 Å². The third-order valence-corrected chi connectivity index (χ3v) is 4.87. The number of para-hydroxylation sites is 1. The van der Waals surface area contributed by atoms with Crippen LogP contribution in [0.4, 0.5) is 5.69 Å². The lowest BCUT2D eigenvalue weighted by atomic mass is 10.3. The summed E-state index contributed by atoms with van der Waals surface area (Å²) in [5, 5.41) is 12.8. The number of hydrogen-bond acceptors (Lipinski definition) is 4. The third kappa shape index (κ3) is 4.65. The summed E-state index contributed by atoms with van der Waals surface area (Å²) in [6.45, 7) is 2.05. The number of rotatable bonds is 7. The molecule has 1 aromatic heterocycles. The highest BCUT2D eigenvalue weighted by Crippen LogP contribution is 2.23. The first-order valence-electron chi connectivity index (χ1n) is 8.35. The lowest BCUT2D eigenvalue weighted by molar-refractivity contribution is -0.115. The zero-order chi connectivity index (χ0) is 18.4. The summed E-state index contributed by atoms with van der Waals surface area (Å²) in [5.74, 6) is 1.46. The Morgan fingerprint density at radius 1 is 1.15 bits per heavy atom. The van der Waals surface area contributed by atoms with Crippen LogP contribution in [0.5, 0.6) is 0 Å². The molecular formula is C19H19ClN4OS. The molecule has 0 saturated heterocycles. The van der Waals surface area contributed by atoms with Gasteiger partial charge in [0, 0.05) is 35.0 Å². The lowest BCUT2D eigenvalue weighted by Gasteiger charge is -2.09. The number of nitrogens with one attached hydrogen (secondary N) is 1. The van der Waals surface area contributed by atoms with Crippen molar-refractivity contribution in [2.24, 2.45) is 0 Å². The first-order valence-corrected chi connectivity index (χ1v) is 9.71. The first kappa shape index (κ1) is 18.5. The fourth-order valence-corrected chi connectivity index (χ4v) is 3.58. The molecule has 0 bridgehead atoms. The van der Waals surface area contributed by atoms with Gasteiger partial charge in [0.25, 0.3) is 0 Å². The van der Waals surface area contributed by atoms with Crippen LogP contribution >= 0.6 is 23.4 Å². The monoisotopic (exact) mass is 386 g/mol. The molecule has 3 rings (SSSR count). The number of aryl methyl sites for hydroxylation is 1. The fourth-order valence-electron chi connectivity index (χ4n) is 2.48. The fraction of sp³-hybridized carbons (Fsp3) is 0.211. The topological polar surface area (TPSA) is 59.8 Å². The molecule has 0 atom stereocenters. The van der Waals surface area contributed by atoms with Crippen molar-refractivity contribution in [1.82, 2.24) is 14.8 Å². The van der Waals surface area contributed by atoms with Gasteiger partial charge in [-0.1, -0.05) is 54.6 Å². The summed E-state index contributed by atoms with van der Waals surface area (Å²) < 4.78 is 2.04. The number of carbonyl (C=O) groups is 1. The Labute approximate surface area is 161 Å². The van der Waals surface area contributed by atoms with Crippen molar-refractivity contribution in [2.45, 2.75) is 24.9 Å². The Balaban J connectivity index is 1.62. The molecule has 7 heteroatoms. The number of nitrogens with zero attached hydrogens (tertiary/aromatic N) is 3. The van der Waals surface area contributed by atoms with Gasteiger partial charge in [-0.15, -0.1) is 10.2 Å². The SMILES string of the molecule is CCc1nnc(SCCC(=O)Nc2cccc(Cl)c2)n1-c1ccccc1. The van der Waals surface area contributed by atoms with Gasteiger partial charge >= 0.3 is 0 Å². The number of aromatic nitrogens is 3. The number of amides is 1. The summed E-state index contributed by atoms with van der Waals surface area (Å²) in [5.41, 5.74) is 1.73. The van der Waals surface area contributed by atoms with Gasteiger partial charge in [0.2, 0.25) is 5.91 Å². The van der Waals surface area contributed by atoms with Gasteiger partial charge in [-0.2, -0.15) is 0 Å². The Morgan fingerprint density at radius 2 is 1.96 bits per heavy atom. The quantitative estimate of drug-likeness (QED) is 0.602. The van der Waals surface area contributed by atoms with Gasteiger partial charge in [-0.25, -0.2) is 0 Å². The van der Waals surface area contributed by atoms with Crippen LogP contribution in [0, 0.1) is 0 Å². The minimum atomic E-state index is -0.0544. The smallest absolute Gasteiger partial charge is 0.225 e. The molecule has 5 nitrogen and oxygen atoms in total. The lowest BCUT2D eigenvalue weighted by Crippen LogP contribution is -2.12. The number of benzene rings is 2. The average Bonchev–Trinajstić information content (AvgIpc) is 3.05. The number of hydrogen-bond donors (Lipinski definition) is 1. The van der Waals surface area contributed by atoms with E-state index in [9.17, 15) is 4.79 Å². The molecule has 0 aliphatic rings. The van der Waals surface area contributed by atoms with E-state index < -0.39 is 0 Å². The second-order valence-electron chi connectivity index (χ2n) is 5.58. The van der Waals surface area contributed by atoms with Crippen LogP contribution in [-0.2, 0) is 11.2 Å². The van der Waals surface area contributed by atoms with Crippen LogP contribution in [0.3, 0.4) is 0 Å². The van der Waals surface area contributed by atoms with E-state index in [0.717, 1.165) is 23.1 Å². The molecule has 2 aromatic carbocycles. The normalized spacial score (nSPS) is 10.7. The summed E-state index contributed by atoms with van der Waals surface area (Å²) in [6.07, 6.45) is 1.16. The van der Waals surface area contributed by atoms with Crippen LogP contribution in [-0.4, -0.2) is 26.4 Å². The van der Waals surface area contributed by atoms with E-state index in [1.807, 2.05) is 41.0 Å². The second-order valence-corrected chi connectivity index (χ2v) is 7.08. The van der Waals surface area contributed by atoms with Crippen LogP contribution in [0.1, 0.15) is 19.2 Å². The molecule has 0 unspecified atom stereocenters. The van der Waals surface area contributed by atoms with E-state index in [1.165, 1.54) is 11.8 Å². The molecular weight excluding hydrogens is 368 g/mol. The molecule has 1 heterocycles. The minimum absolute atomic E-state index is 0.0544. The predicted octanol–water partition coefficient (Wildman–Crippen LogP) is 4.60. The molecule has 0 aliphatic heterocycles. The molecule has 0 aliphatic carbocycles. The average molecular weight is 387 g/mol. The molecule has 3 aromatic rings. The van der Waals surface area contributed by atoms with Crippen LogP contribution < -0.4 is 5.32 Å². The van der Waals surface area contributed by atoms with Crippen molar-refractivity contribution in [2.75, 3.05) is 11.1 Å². The summed E-state index contributed by atoms with van der Waals surface area (Å²) in [7, 11) is 0. The maximum absolute atomic E-state index is 12.1. The zero-order valence-corrected chi connectivity index (χ0v) is 15.9. The van der Waals surface area contributed by atoms with Crippen LogP contribution in [0.15, 0.2) is 59.8 Å². The summed E-state index contributed by atoms with van der Waals surface area (Å²) >= 11 is 7.45. The molecule has 0 fully saturated rings. The van der Waals surface area contributed by atoms with Crippen LogP contribution in [0.2, 0.25) is 5.02 Å². The van der Waals surface area contributed by atoms with Gasteiger partial charge in [-0.05, 0) is 30.3 Å². The van der Waals surface area contributed by atoms with Crippen molar-refractivity contribution in [1.29, 1.82) is 0 Å². The Bertz CT molecular complexity index is 882. The minimum Gasteiger partial charge on any atom is -0.326 e. The highest BCUT2D eigenvalue weighted by Gasteiger charge is 2.13. The van der Waals surface area contributed by atoms with E-state index in [4.69, 9.17) is 11.6 Å². The maximum Gasteiger partial charge on any atom is 0.225 e. The van der Waals surface area contributed by atoms with Gasteiger partial charge in [0.1, 0.15) is 5.82 Å². The van der Waals surface area contributed by atoms with Crippen molar-refractivity contribution in [3.8, 4) is 5.69 Å². The Hall–Kier alpha value is -2.31. The van der Waals surface area contributed by atoms with Crippen LogP contribution in [0.25, 0.3) is 5.69 Å². The summed E-state index contributed by atoms with van der Waals surface area (Å²) in [4.78, 5) is 12.1. The predicted molar refractivity (Wildman–Crippen MR) is 106 cm³/mol. The van der Waals surface area contributed by atoms with Gasteiger partial charge in [0.15, 0.2) is 5.16 Å². The first-order chi connectivity index (χ1) is 12.7. The van der Waals surface area contributed by atoms with E-state index in [1.54, 1.807) is 18.2 Å². The molecule has 0 saturated carbocycles. The van der Waals surface area contributed by atoms with Crippen molar-refractivity contribution in [3.05, 3.63) is 65.4 Å². The van der Waals surface area contributed by atoms with Gasteiger partial charge < -0.3 is 5.32 Å². The largest absolute Gasteiger partial charge is 0.326 e. The molecule has 0 radical (unpaired) electrons.